The van der Waals surface area contributed by atoms with Gasteiger partial charge in [0.05, 0.1) is 18.4 Å². The van der Waals surface area contributed by atoms with Crippen molar-refractivity contribution in [3.8, 4) is 0 Å². The van der Waals surface area contributed by atoms with Gasteiger partial charge in [-0.2, -0.15) is 4.39 Å². The zero-order valence-corrected chi connectivity index (χ0v) is 8.50. The molecule has 1 heterocycles. The average Bonchev–Trinajstić information content (AvgIpc) is 3.01. The Morgan fingerprint density at radius 3 is 2.93 bits per heavy atom. The van der Waals surface area contributed by atoms with E-state index in [0.29, 0.717) is 23.6 Å². The predicted octanol–water partition coefficient (Wildman–Crippen LogP) is 1.96. The van der Waals surface area contributed by atoms with Crippen LogP contribution in [0.15, 0.2) is 12.1 Å². The molecule has 15 heavy (non-hydrogen) atoms. The van der Waals surface area contributed by atoms with Crippen LogP contribution in [0, 0.1) is 11.9 Å². The van der Waals surface area contributed by atoms with Crippen molar-refractivity contribution in [3.05, 3.63) is 29.3 Å². The summed E-state index contributed by atoms with van der Waals surface area (Å²) in [5.41, 5.74) is 0.898. The summed E-state index contributed by atoms with van der Waals surface area (Å²) in [7, 11) is 1.31. The standard InChI is InChI=1S/C11H12FNO2/c1-15-11(14)8-4-5-10(12)13-9(8)6-7-2-3-7/h4-5,7H,2-3,6H2,1H3. The molecule has 0 bridgehead atoms. The Morgan fingerprint density at radius 2 is 2.33 bits per heavy atom. The molecular weight excluding hydrogens is 197 g/mol. The lowest BCUT2D eigenvalue weighted by Crippen LogP contribution is -2.09. The number of esters is 1. The van der Waals surface area contributed by atoms with Crippen LogP contribution < -0.4 is 0 Å². The number of carbonyl (C=O) groups is 1. The molecule has 1 aromatic heterocycles. The first-order chi connectivity index (χ1) is 7.20. The molecule has 4 heteroatoms. The van der Waals surface area contributed by atoms with Gasteiger partial charge in [0.1, 0.15) is 0 Å². The molecule has 1 saturated carbocycles. The molecule has 0 saturated heterocycles. The van der Waals surface area contributed by atoms with Gasteiger partial charge in [0.15, 0.2) is 0 Å². The zero-order chi connectivity index (χ0) is 10.8. The lowest BCUT2D eigenvalue weighted by Gasteiger charge is -2.05. The molecule has 0 spiro atoms. The molecule has 3 nitrogen and oxygen atoms in total. The lowest BCUT2D eigenvalue weighted by atomic mass is 10.1. The zero-order valence-electron chi connectivity index (χ0n) is 8.50. The predicted molar refractivity (Wildman–Crippen MR) is 52.0 cm³/mol. The summed E-state index contributed by atoms with van der Waals surface area (Å²) in [4.78, 5) is 15.1. The highest BCUT2D eigenvalue weighted by molar-refractivity contribution is 5.90. The third kappa shape index (κ3) is 2.32. The maximum atomic E-state index is 12.9. The quantitative estimate of drug-likeness (QED) is 0.564. The van der Waals surface area contributed by atoms with Crippen LogP contribution in [-0.4, -0.2) is 18.1 Å². The number of nitrogens with zero attached hydrogens (tertiary/aromatic N) is 1. The summed E-state index contributed by atoms with van der Waals surface area (Å²) < 4.78 is 17.5. The summed E-state index contributed by atoms with van der Waals surface area (Å²) in [6, 6.07) is 2.62. The normalized spacial score (nSPS) is 15.1. The van der Waals surface area contributed by atoms with Gasteiger partial charge in [-0.25, -0.2) is 9.78 Å². The Labute approximate surface area is 87.3 Å². The van der Waals surface area contributed by atoms with Crippen LogP contribution in [0.4, 0.5) is 4.39 Å². The topological polar surface area (TPSA) is 39.2 Å². The van der Waals surface area contributed by atoms with Crippen LogP contribution >= 0.6 is 0 Å². The number of halogens is 1. The Kier molecular flexibility index (Phi) is 2.66. The van der Waals surface area contributed by atoms with E-state index in [1.165, 1.54) is 19.2 Å². The van der Waals surface area contributed by atoms with Crippen LogP contribution in [0.3, 0.4) is 0 Å². The molecule has 1 fully saturated rings. The van der Waals surface area contributed by atoms with E-state index in [9.17, 15) is 9.18 Å². The molecule has 1 aliphatic rings. The van der Waals surface area contributed by atoms with Crippen molar-refractivity contribution >= 4 is 5.97 Å². The number of carbonyl (C=O) groups excluding carboxylic acids is 1. The van der Waals surface area contributed by atoms with E-state index in [2.05, 4.69) is 9.72 Å². The molecule has 0 radical (unpaired) electrons. The Morgan fingerprint density at radius 1 is 1.60 bits per heavy atom. The first-order valence-electron chi connectivity index (χ1n) is 4.94. The molecule has 0 aliphatic heterocycles. The molecule has 0 atom stereocenters. The summed E-state index contributed by atoms with van der Waals surface area (Å²) in [5, 5.41) is 0. The largest absolute Gasteiger partial charge is 0.465 e. The fraction of sp³-hybridized carbons (Fsp3) is 0.455. The SMILES string of the molecule is COC(=O)c1ccc(F)nc1CC1CC1. The van der Waals surface area contributed by atoms with Gasteiger partial charge in [-0.15, -0.1) is 0 Å². The highest BCUT2D eigenvalue weighted by Crippen LogP contribution is 2.33. The molecule has 0 aromatic carbocycles. The maximum Gasteiger partial charge on any atom is 0.339 e. The van der Waals surface area contributed by atoms with Crippen molar-refractivity contribution in [2.75, 3.05) is 7.11 Å². The van der Waals surface area contributed by atoms with Gasteiger partial charge in [-0.3, -0.25) is 0 Å². The minimum atomic E-state index is -0.543. The molecular formula is C11H12FNO2. The van der Waals surface area contributed by atoms with Crippen LogP contribution in [0.5, 0.6) is 0 Å². The first kappa shape index (κ1) is 10.1. The van der Waals surface area contributed by atoms with Crippen molar-refractivity contribution in [2.24, 2.45) is 5.92 Å². The van der Waals surface area contributed by atoms with Gasteiger partial charge >= 0.3 is 5.97 Å². The van der Waals surface area contributed by atoms with E-state index in [-0.39, 0.29) is 0 Å². The van der Waals surface area contributed by atoms with E-state index < -0.39 is 11.9 Å². The summed E-state index contributed by atoms with van der Waals surface area (Å²) in [6.07, 6.45) is 2.94. The highest BCUT2D eigenvalue weighted by atomic mass is 19.1. The van der Waals surface area contributed by atoms with Gasteiger partial charge < -0.3 is 4.74 Å². The number of ether oxygens (including phenoxy) is 1. The third-order valence-electron chi connectivity index (χ3n) is 2.52. The molecule has 2 rings (SSSR count). The minimum absolute atomic E-state index is 0.380. The van der Waals surface area contributed by atoms with E-state index >= 15 is 0 Å². The van der Waals surface area contributed by atoms with Gasteiger partial charge in [0.2, 0.25) is 5.95 Å². The van der Waals surface area contributed by atoms with Crippen molar-refractivity contribution in [3.63, 3.8) is 0 Å². The number of hydrogen-bond donors (Lipinski definition) is 0. The fourth-order valence-electron chi connectivity index (χ4n) is 1.52. The monoisotopic (exact) mass is 209 g/mol. The van der Waals surface area contributed by atoms with Crippen LogP contribution in [0.1, 0.15) is 28.9 Å². The number of rotatable bonds is 3. The van der Waals surface area contributed by atoms with Crippen LogP contribution in [0.25, 0.3) is 0 Å². The summed E-state index contributed by atoms with van der Waals surface area (Å²) in [5.74, 6) is -0.431. The number of hydrogen-bond acceptors (Lipinski definition) is 3. The van der Waals surface area contributed by atoms with Crippen molar-refractivity contribution in [1.82, 2.24) is 4.98 Å². The van der Waals surface area contributed by atoms with Crippen molar-refractivity contribution in [1.29, 1.82) is 0 Å². The van der Waals surface area contributed by atoms with Gasteiger partial charge in [0.25, 0.3) is 0 Å². The van der Waals surface area contributed by atoms with Crippen molar-refractivity contribution in [2.45, 2.75) is 19.3 Å². The van der Waals surface area contributed by atoms with E-state index in [4.69, 9.17) is 0 Å². The molecule has 80 valence electrons. The Hall–Kier alpha value is -1.45. The average molecular weight is 209 g/mol. The summed E-state index contributed by atoms with van der Waals surface area (Å²) in [6.45, 7) is 0. The molecule has 0 amide bonds. The fourth-order valence-corrected chi connectivity index (χ4v) is 1.52. The molecule has 1 aromatic rings. The summed E-state index contributed by atoms with van der Waals surface area (Å²) >= 11 is 0. The number of methoxy groups -OCH3 is 1. The van der Waals surface area contributed by atoms with E-state index in [1.807, 2.05) is 0 Å². The van der Waals surface area contributed by atoms with E-state index in [0.717, 1.165) is 12.8 Å². The Balaban J connectivity index is 2.29. The van der Waals surface area contributed by atoms with Gasteiger partial charge in [0, 0.05) is 0 Å². The second-order valence-electron chi connectivity index (χ2n) is 3.77. The van der Waals surface area contributed by atoms with Crippen molar-refractivity contribution < 1.29 is 13.9 Å². The number of pyridine rings is 1. The second-order valence-corrected chi connectivity index (χ2v) is 3.77. The lowest BCUT2D eigenvalue weighted by molar-refractivity contribution is 0.0598. The smallest absolute Gasteiger partial charge is 0.339 e. The molecule has 0 unspecified atom stereocenters. The first-order valence-corrected chi connectivity index (χ1v) is 4.94. The van der Waals surface area contributed by atoms with Crippen LogP contribution in [-0.2, 0) is 11.2 Å². The van der Waals surface area contributed by atoms with E-state index in [1.54, 1.807) is 0 Å². The van der Waals surface area contributed by atoms with Crippen LogP contribution in [0.2, 0.25) is 0 Å². The van der Waals surface area contributed by atoms with Gasteiger partial charge in [-0.1, -0.05) is 0 Å². The third-order valence-corrected chi connectivity index (χ3v) is 2.52. The molecule has 1 aliphatic carbocycles. The Bertz CT molecular complexity index is 388. The van der Waals surface area contributed by atoms with Gasteiger partial charge in [-0.05, 0) is 37.3 Å². The molecule has 0 N–H and O–H groups in total. The highest BCUT2D eigenvalue weighted by Gasteiger charge is 2.25. The number of aromatic nitrogens is 1. The minimum Gasteiger partial charge on any atom is -0.465 e. The second kappa shape index (κ2) is 3.96. The maximum absolute atomic E-state index is 12.9.